The molecule has 4 saturated carbocycles. The highest BCUT2D eigenvalue weighted by atomic mass is 35.5. The second-order valence-corrected chi connectivity index (χ2v) is 10.3. The van der Waals surface area contributed by atoms with Crippen molar-refractivity contribution >= 4 is 35.1 Å². The van der Waals surface area contributed by atoms with Gasteiger partial charge in [-0.25, -0.2) is 19.2 Å². The predicted molar refractivity (Wildman–Crippen MR) is 121 cm³/mol. The number of aromatic nitrogens is 5. The van der Waals surface area contributed by atoms with Crippen molar-refractivity contribution in [3.05, 3.63) is 34.9 Å². The standard InChI is InChI=1S/C22H22ClF4N7O3/c23-13-7-28-19(34-8-11(29-18(13)34)9-36-22(25,26)27)30-16-3-14(32-33-16)12-1-2-15(17(12)24)37-20(35)31-21-4-10(5-21)6-21/h3,7-8,10,12,15,17H,1-2,4-6,9H2,(H,31,35)(H2,28,30,32,33)/t10?,12-,15-,17-,21?/m0/s1. The zero-order chi connectivity index (χ0) is 25.9. The molecular formula is C22H22ClF4N7O3. The maximum absolute atomic E-state index is 15.2. The second-order valence-electron chi connectivity index (χ2n) is 9.88. The lowest BCUT2D eigenvalue weighted by atomic mass is 9.50. The smallest absolute Gasteiger partial charge is 0.443 e. The number of rotatable bonds is 7. The first-order chi connectivity index (χ1) is 17.6. The number of carbonyl (C=O) groups excluding carboxylic acids is 1. The van der Waals surface area contributed by atoms with E-state index in [4.69, 9.17) is 16.3 Å². The van der Waals surface area contributed by atoms with Gasteiger partial charge in [-0.3, -0.25) is 14.2 Å². The quantitative estimate of drug-likeness (QED) is 0.368. The molecule has 3 aromatic rings. The molecule has 4 fully saturated rings. The summed E-state index contributed by atoms with van der Waals surface area (Å²) in [5, 5.41) is 12.9. The van der Waals surface area contributed by atoms with Crippen molar-refractivity contribution in [2.45, 2.75) is 68.8 Å². The van der Waals surface area contributed by atoms with Gasteiger partial charge < -0.3 is 15.4 Å². The fourth-order valence-corrected chi connectivity index (χ4v) is 5.59. The molecule has 198 valence electrons. The van der Waals surface area contributed by atoms with Gasteiger partial charge in [-0.1, -0.05) is 11.6 Å². The van der Waals surface area contributed by atoms with E-state index >= 15 is 4.39 Å². The van der Waals surface area contributed by atoms with Gasteiger partial charge in [-0.2, -0.15) is 5.10 Å². The van der Waals surface area contributed by atoms with Crippen molar-refractivity contribution in [1.82, 2.24) is 29.9 Å². The van der Waals surface area contributed by atoms with Crippen molar-refractivity contribution in [2.75, 3.05) is 5.32 Å². The summed E-state index contributed by atoms with van der Waals surface area (Å²) in [5.41, 5.74) is 0.537. The number of alkyl halides is 4. The highest BCUT2D eigenvalue weighted by molar-refractivity contribution is 6.33. The fourth-order valence-electron chi connectivity index (χ4n) is 5.41. The molecular weight excluding hydrogens is 522 g/mol. The third-order valence-corrected chi connectivity index (χ3v) is 7.55. The van der Waals surface area contributed by atoms with E-state index in [2.05, 4.69) is 35.5 Å². The first-order valence-corrected chi connectivity index (χ1v) is 12.1. The Kier molecular flexibility index (Phi) is 5.71. The number of carbonyl (C=O) groups is 1. The number of nitrogens with zero attached hydrogens (tertiary/aromatic N) is 4. The van der Waals surface area contributed by atoms with Gasteiger partial charge in [0.1, 0.15) is 17.3 Å². The van der Waals surface area contributed by atoms with Gasteiger partial charge in [0.25, 0.3) is 0 Å². The van der Waals surface area contributed by atoms with Crippen molar-refractivity contribution < 1.29 is 31.8 Å². The molecule has 4 aliphatic rings. The van der Waals surface area contributed by atoms with E-state index in [9.17, 15) is 18.0 Å². The maximum Gasteiger partial charge on any atom is 0.522 e. The minimum Gasteiger partial charge on any atom is -0.443 e. The third kappa shape index (κ3) is 4.67. The van der Waals surface area contributed by atoms with Gasteiger partial charge in [0.15, 0.2) is 11.5 Å². The molecule has 3 atom stereocenters. The number of ether oxygens (including phenoxy) is 2. The van der Waals surface area contributed by atoms with Crippen LogP contribution in [0.5, 0.6) is 0 Å². The number of imidazole rings is 1. The van der Waals surface area contributed by atoms with Crippen LogP contribution in [0, 0.1) is 5.92 Å². The molecule has 15 heteroatoms. The molecule has 3 aromatic heterocycles. The van der Waals surface area contributed by atoms with Crippen molar-refractivity contribution in [2.24, 2.45) is 5.92 Å². The van der Waals surface area contributed by atoms with Gasteiger partial charge >= 0.3 is 12.5 Å². The van der Waals surface area contributed by atoms with Crippen LogP contribution >= 0.6 is 11.6 Å². The zero-order valence-electron chi connectivity index (χ0n) is 19.2. The molecule has 10 nitrogen and oxygen atoms in total. The molecule has 0 saturated heterocycles. The highest BCUT2D eigenvalue weighted by Crippen LogP contribution is 2.57. The minimum absolute atomic E-state index is 0.00617. The van der Waals surface area contributed by atoms with Crippen LogP contribution in [-0.2, 0) is 16.1 Å². The number of amides is 1. The number of H-pyrrole nitrogens is 1. The van der Waals surface area contributed by atoms with E-state index in [1.165, 1.54) is 16.8 Å². The van der Waals surface area contributed by atoms with Crippen LogP contribution in [0.2, 0.25) is 5.02 Å². The molecule has 37 heavy (non-hydrogen) atoms. The number of anilines is 2. The SMILES string of the molecule is O=C(NC12CC(C1)C2)O[C@H]1CC[C@@H](c2cc(Nc3ncc(Cl)c4nc(COC(F)(F)F)cn34)n[nH]2)[C@@H]1F. The van der Waals surface area contributed by atoms with Gasteiger partial charge in [-0.15, -0.1) is 13.2 Å². The average Bonchev–Trinajstić information content (AvgIpc) is 3.50. The molecule has 3 N–H and O–H groups in total. The Labute approximate surface area is 212 Å². The molecule has 0 aliphatic heterocycles. The lowest BCUT2D eigenvalue weighted by molar-refractivity contribution is -0.330. The van der Waals surface area contributed by atoms with E-state index in [1.807, 2.05) is 0 Å². The molecule has 0 unspecified atom stereocenters. The van der Waals surface area contributed by atoms with Gasteiger partial charge in [0.05, 0.1) is 18.5 Å². The van der Waals surface area contributed by atoms with Crippen LogP contribution in [0.25, 0.3) is 5.65 Å². The van der Waals surface area contributed by atoms with Crippen molar-refractivity contribution in [3.63, 3.8) is 0 Å². The molecule has 0 aromatic carbocycles. The number of nitrogens with one attached hydrogen (secondary N) is 3. The van der Waals surface area contributed by atoms with E-state index in [0.717, 1.165) is 19.3 Å². The number of halogens is 5. The first-order valence-electron chi connectivity index (χ1n) is 11.8. The molecule has 3 heterocycles. The lowest BCUT2D eigenvalue weighted by Gasteiger charge is -2.61. The lowest BCUT2D eigenvalue weighted by Crippen LogP contribution is -2.68. The van der Waals surface area contributed by atoms with Crippen LogP contribution < -0.4 is 10.6 Å². The van der Waals surface area contributed by atoms with Crippen LogP contribution in [-0.4, -0.2) is 54.8 Å². The molecule has 0 spiro atoms. The zero-order valence-corrected chi connectivity index (χ0v) is 19.9. The minimum atomic E-state index is -4.80. The van der Waals surface area contributed by atoms with Crippen LogP contribution in [0.4, 0.5) is 34.1 Å². The Morgan fingerprint density at radius 2 is 2.08 bits per heavy atom. The Hall–Kier alpha value is -3.13. The second kappa shape index (κ2) is 8.72. The Bertz CT molecular complexity index is 1330. The number of hydrogen-bond acceptors (Lipinski definition) is 7. The summed E-state index contributed by atoms with van der Waals surface area (Å²) in [7, 11) is 0. The molecule has 1 amide bonds. The summed E-state index contributed by atoms with van der Waals surface area (Å²) in [6.07, 6.45) is -1.28. The number of alkyl carbamates (subject to hydrolysis) is 1. The van der Waals surface area contributed by atoms with Crippen molar-refractivity contribution in [1.29, 1.82) is 0 Å². The van der Waals surface area contributed by atoms with Crippen LogP contribution in [0.15, 0.2) is 18.5 Å². The molecule has 7 rings (SSSR count). The van der Waals surface area contributed by atoms with Gasteiger partial charge in [-0.05, 0) is 38.0 Å². The summed E-state index contributed by atoms with van der Waals surface area (Å²) in [6.45, 7) is -0.796. The fraction of sp³-hybridized carbons (Fsp3) is 0.545. The number of aromatic amines is 1. The summed E-state index contributed by atoms with van der Waals surface area (Å²) in [4.78, 5) is 20.5. The van der Waals surface area contributed by atoms with Crippen LogP contribution in [0.3, 0.4) is 0 Å². The molecule has 2 bridgehead atoms. The monoisotopic (exact) mass is 543 g/mol. The highest BCUT2D eigenvalue weighted by Gasteiger charge is 2.58. The Morgan fingerprint density at radius 3 is 2.78 bits per heavy atom. The number of hydrogen-bond donors (Lipinski definition) is 3. The van der Waals surface area contributed by atoms with Crippen molar-refractivity contribution in [3.8, 4) is 0 Å². The largest absolute Gasteiger partial charge is 0.522 e. The third-order valence-electron chi connectivity index (χ3n) is 7.28. The first kappa shape index (κ1) is 24.2. The van der Waals surface area contributed by atoms with Gasteiger partial charge in [0.2, 0.25) is 5.95 Å². The Balaban J connectivity index is 1.11. The number of fused-ring (bicyclic) bond motifs is 1. The van der Waals surface area contributed by atoms with Crippen LogP contribution in [0.1, 0.15) is 49.4 Å². The van der Waals surface area contributed by atoms with Gasteiger partial charge in [0, 0.05) is 29.4 Å². The summed E-state index contributed by atoms with van der Waals surface area (Å²) < 4.78 is 63.0. The summed E-state index contributed by atoms with van der Waals surface area (Å²) >= 11 is 6.10. The summed E-state index contributed by atoms with van der Waals surface area (Å²) in [6, 6.07) is 1.61. The topological polar surface area (TPSA) is 118 Å². The Morgan fingerprint density at radius 1 is 1.30 bits per heavy atom. The van der Waals surface area contributed by atoms with E-state index in [1.54, 1.807) is 6.07 Å². The van der Waals surface area contributed by atoms with E-state index in [-0.39, 0.29) is 27.9 Å². The summed E-state index contributed by atoms with van der Waals surface area (Å²) in [5.74, 6) is 0.629. The maximum atomic E-state index is 15.2. The predicted octanol–water partition coefficient (Wildman–Crippen LogP) is 4.75. The molecule has 4 aliphatic carbocycles. The normalized spacial score (nSPS) is 28.6. The van der Waals surface area contributed by atoms with E-state index < -0.39 is 37.3 Å². The average molecular weight is 544 g/mol. The van der Waals surface area contributed by atoms with E-state index in [0.29, 0.717) is 30.3 Å². The molecule has 0 radical (unpaired) electrons.